The van der Waals surface area contributed by atoms with Crippen molar-refractivity contribution in [1.29, 1.82) is 0 Å². The van der Waals surface area contributed by atoms with Crippen LogP contribution in [0.1, 0.15) is 54.2 Å². The molecule has 3 aromatic rings. The maximum absolute atomic E-state index is 15.9. The van der Waals surface area contributed by atoms with Crippen LogP contribution < -0.4 is 10.3 Å². The fourth-order valence-corrected chi connectivity index (χ4v) is 5.18. The molecule has 1 aromatic heterocycles. The average molecular weight is 522 g/mol. The summed E-state index contributed by atoms with van der Waals surface area (Å²) in [5.74, 6) is -1.80. The van der Waals surface area contributed by atoms with E-state index in [-0.39, 0.29) is 30.2 Å². The first-order valence-corrected chi connectivity index (χ1v) is 13.1. The number of carbonyl (C=O) groups is 2. The van der Waals surface area contributed by atoms with E-state index in [0.717, 1.165) is 32.5 Å². The molecule has 5 rings (SSSR count). The Hall–Kier alpha value is -3.72. The summed E-state index contributed by atoms with van der Waals surface area (Å²) in [7, 11) is 0. The number of benzene rings is 2. The van der Waals surface area contributed by atoms with Gasteiger partial charge in [0.2, 0.25) is 5.43 Å². The number of anilines is 1. The maximum atomic E-state index is 15.9. The van der Waals surface area contributed by atoms with Gasteiger partial charge in [0.1, 0.15) is 18.0 Å². The highest BCUT2D eigenvalue weighted by molar-refractivity contribution is 5.96. The zero-order valence-corrected chi connectivity index (χ0v) is 21.7. The van der Waals surface area contributed by atoms with Crippen LogP contribution in [-0.2, 0) is 27.4 Å². The monoisotopic (exact) mass is 521 g/mol. The van der Waals surface area contributed by atoms with Gasteiger partial charge in [-0.3, -0.25) is 14.5 Å². The Morgan fingerprint density at radius 3 is 2.39 bits per heavy atom. The Labute approximate surface area is 220 Å². The number of carbonyl (C=O) groups excluding carboxylic acids is 2. The third-order valence-electron chi connectivity index (χ3n) is 7.13. The number of pyridine rings is 1. The first kappa shape index (κ1) is 25.9. The summed E-state index contributed by atoms with van der Waals surface area (Å²) >= 11 is 0. The average Bonchev–Trinajstić information content (AvgIpc) is 3.74. The Bertz CT molecular complexity index is 1410. The molecule has 9 heteroatoms. The van der Waals surface area contributed by atoms with Gasteiger partial charge >= 0.3 is 11.9 Å². The van der Waals surface area contributed by atoms with Gasteiger partial charge in [-0.05, 0) is 31.4 Å². The van der Waals surface area contributed by atoms with Crippen molar-refractivity contribution in [1.82, 2.24) is 9.47 Å². The number of esters is 2. The van der Waals surface area contributed by atoms with Crippen molar-refractivity contribution < 1.29 is 23.5 Å². The van der Waals surface area contributed by atoms with Crippen LogP contribution in [0.15, 0.2) is 47.4 Å². The molecule has 0 unspecified atom stereocenters. The second-order valence-electron chi connectivity index (χ2n) is 9.84. The summed E-state index contributed by atoms with van der Waals surface area (Å²) in [6, 6.07) is 11.5. The number of nitrogens with zero attached hydrogens (tertiary/aromatic N) is 3. The number of fused-ring (bicyclic) bond motifs is 1. The van der Waals surface area contributed by atoms with Crippen molar-refractivity contribution in [2.24, 2.45) is 0 Å². The molecule has 8 nitrogen and oxygen atoms in total. The molecule has 200 valence electrons. The van der Waals surface area contributed by atoms with Gasteiger partial charge in [0, 0.05) is 57.4 Å². The highest BCUT2D eigenvalue weighted by atomic mass is 19.1. The van der Waals surface area contributed by atoms with Crippen LogP contribution in [0.2, 0.25) is 0 Å². The number of halogens is 1. The van der Waals surface area contributed by atoms with E-state index < -0.39 is 23.2 Å². The number of rotatable bonds is 8. The summed E-state index contributed by atoms with van der Waals surface area (Å²) in [5.41, 5.74) is 1.82. The lowest BCUT2D eigenvalue weighted by Crippen LogP contribution is -2.46. The first-order chi connectivity index (χ1) is 18.4. The number of piperazine rings is 1. The summed E-state index contributed by atoms with van der Waals surface area (Å²) in [6.45, 7) is 6.36. The minimum atomic E-state index is -0.727. The van der Waals surface area contributed by atoms with Crippen molar-refractivity contribution in [2.45, 2.75) is 45.9 Å². The summed E-state index contributed by atoms with van der Waals surface area (Å²) in [5, 5.41) is 0.0913. The molecule has 0 N–H and O–H groups in total. The largest absolute Gasteiger partial charge is 0.462 e. The molecule has 0 radical (unpaired) electrons. The van der Waals surface area contributed by atoms with E-state index in [9.17, 15) is 14.4 Å². The van der Waals surface area contributed by atoms with E-state index in [1.165, 1.54) is 24.8 Å². The Kier molecular flexibility index (Phi) is 7.46. The summed E-state index contributed by atoms with van der Waals surface area (Å²) < 4.78 is 28.2. The molecule has 1 saturated carbocycles. The molecule has 2 aliphatic rings. The third kappa shape index (κ3) is 5.29. The molecule has 0 bridgehead atoms. The highest BCUT2D eigenvalue weighted by Gasteiger charge is 2.32. The lowest BCUT2D eigenvalue weighted by molar-refractivity contribution is -0.142. The van der Waals surface area contributed by atoms with Gasteiger partial charge in [-0.25, -0.2) is 9.18 Å². The summed E-state index contributed by atoms with van der Waals surface area (Å²) in [4.78, 5) is 42.0. The normalized spacial score (nSPS) is 16.0. The molecule has 0 spiro atoms. The Balaban J connectivity index is 1.56. The third-order valence-corrected chi connectivity index (χ3v) is 7.13. The van der Waals surface area contributed by atoms with Crippen molar-refractivity contribution in [3.63, 3.8) is 0 Å². The first-order valence-electron chi connectivity index (χ1n) is 13.1. The zero-order valence-electron chi connectivity index (χ0n) is 21.7. The molecule has 2 fully saturated rings. The molecule has 0 atom stereocenters. The second kappa shape index (κ2) is 10.9. The van der Waals surface area contributed by atoms with E-state index in [1.807, 2.05) is 27.7 Å². The lowest BCUT2D eigenvalue weighted by atomic mass is 10.0. The van der Waals surface area contributed by atoms with Gasteiger partial charge in [0.05, 0.1) is 23.2 Å². The molecule has 0 amide bonds. The van der Waals surface area contributed by atoms with Gasteiger partial charge in [0.15, 0.2) is 0 Å². The SMILES string of the molecule is CCOC(=O)c1cn(C2CC2)c2c(COC(C)=O)c(N3CCN(Cc4ccccc4)CC3)c(F)cc2c1=O. The van der Waals surface area contributed by atoms with Crippen molar-refractivity contribution in [3.05, 3.63) is 75.3 Å². The van der Waals surface area contributed by atoms with Gasteiger partial charge in [-0.2, -0.15) is 0 Å². The lowest BCUT2D eigenvalue weighted by Gasteiger charge is -2.37. The van der Waals surface area contributed by atoms with Crippen LogP contribution in [-0.4, -0.2) is 54.2 Å². The molecule has 1 aliphatic carbocycles. The van der Waals surface area contributed by atoms with Gasteiger partial charge in [0.25, 0.3) is 0 Å². The topological polar surface area (TPSA) is 81.1 Å². The number of hydrogen-bond acceptors (Lipinski definition) is 7. The quantitative estimate of drug-likeness (QED) is 0.414. The molecular weight excluding hydrogens is 489 g/mol. The van der Waals surface area contributed by atoms with Gasteiger partial charge in [-0.15, -0.1) is 0 Å². The number of ether oxygens (including phenoxy) is 2. The number of aromatic nitrogens is 1. The molecule has 2 aromatic carbocycles. The van der Waals surface area contributed by atoms with E-state index >= 15 is 4.39 Å². The molecule has 38 heavy (non-hydrogen) atoms. The maximum Gasteiger partial charge on any atom is 0.343 e. The Morgan fingerprint density at radius 1 is 1.05 bits per heavy atom. The van der Waals surface area contributed by atoms with Crippen molar-refractivity contribution >= 4 is 28.5 Å². The molecule has 1 saturated heterocycles. The standard InChI is InChI=1S/C29H32FN3O5/c1-3-37-29(36)23-17-33(21-9-10-21)26-22(28(23)35)15-25(30)27(24(26)18-38-19(2)34)32-13-11-31(12-14-32)16-20-7-5-4-6-8-20/h4-8,15,17,21H,3,9-14,16,18H2,1-2H3. The van der Waals surface area contributed by atoms with Crippen LogP contribution in [0.4, 0.5) is 10.1 Å². The minimum absolute atomic E-state index is 0.0726. The van der Waals surface area contributed by atoms with Crippen LogP contribution in [0.5, 0.6) is 0 Å². The van der Waals surface area contributed by atoms with E-state index in [2.05, 4.69) is 17.0 Å². The summed E-state index contributed by atoms with van der Waals surface area (Å²) in [6.07, 6.45) is 3.27. The smallest absolute Gasteiger partial charge is 0.343 e. The van der Waals surface area contributed by atoms with E-state index in [4.69, 9.17) is 9.47 Å². The fourth-order valence-electron chi connectivity index (χ4n) is 5.18. The Morgan fingerprint density at radius 2 is 1.76 bits per heavy atom. The zero-order chi connectivity index (χ0) is 26.8. The van der Waals surface area contributed by atoms with Gasteiger partial charge in [-0.1, -0.05) is 30.3 Å². The highest BCUT2D eigenvalue weighted by Crippen LogP contribution is 2.40. The second-order valence-corrected chi connectivity index (χ2v) is 9.84. The van der Waals surface area contributed by atoms with Gasteiger partial charge < -0.3 is 18.9 Å². The van der Waals surface area contributed by atoms with Crippen LogP contribution in [0, 0.1) is 5.82 Å². The molecule has 2 heterocycles. The van der Waals surface area contributed by atoms with Crippen LogP contribution in [0.25, 0.3) is 10.9 Å². The molecular formula is C29H32FN3O5. The number of hydrogen-bond donors (Lipinski definition) is 0. The van der Waals surface area contributed by atoms with Crippen molar-refractivity contribution in [3.8, 4) is 0 Å². The van der Waals surface area contributed by atoms with Crippen molar-refractivity contribution in [2.75, 3.05) is 37.7 Å². The molecule has 1 aliphatic heterocycles. The predicted molar refractivity (Wildman–Crippen MR) is 142 cm³/mol. The predicted octanol–water partition coefficient (Wildman–Crippen LogP) is 4.04. The fraction of sp³-hybridized carbons (Fsp3) is 0.414. The van der Waals surface area contributed by atoms with Crippen LogP contribution in [0.3, 0.4) is 0 Å². The van der Waals surface area contributed by atoms with Crippen LogP contribution >= 0.6 is 0 Å². The van der Waals surface area contributed by atoms with E-state index in [0.29, 0.717) is 29.9 Å². The van der Waals surface area contributed by atoms with E-state index in [1.54, 1.807) is 6.92 Å². The minimum Gasteiger partial charge on any atom is -0.462 e.